The Bertz CT molecular complexity index is 423. The lowest BCUT2D eigenvalue weighted by Gasteiger charge is -2.16. The number of hydrogen-bond donors (Lipinski definition) is 1. The highest BCUT2D eigenvalue weighted by Gasteiger charge is 2.36. The minimum absolute atomic E-state index is 0.0874. The predicted molar refractivity (Wildman–Crippen MR) is 65.4 cm³/mol. The first kappa shape index (κ1) is 15.4. The van der Waals surface area contributed by atoms with Gasteiger partial charge in [-0.25, -0.2) is 0 Å². The van der Waals surface area contributed by atoms with Crippen molar-refractivity contribution in [3.05, 3.63) is 27.7 Å². The van der Waals surface area contributed by atoms with E-state index in [2.05, 4.69) is 0 Å². The van der Waals surface area contributed by atoms with Gasteiger partial charge in [-0.2, -0.15) is 13.2 Å². The van der Waals surface area contributed by atoms with Crippen LogP contribution in [0.2, 0.25) is 10.0 Å². The molecule has 1 aromatic carbocycles. The molecule has 2 nitrogen and oxygen atoms in total. The van der Waals surface area contributed by atoms with Gasteiger partial charge in [0.25, 0.3) is 0 Å². The van der Waals surface area contributed by atoms with Crippen LogP contribution in [0.5, 0.6) is 5.75 Å². The Hall–Kier alpha value is -0.650. The maximum absolute atomic E-state index is 12.3. The van der Waals surface area contributed by atoms with Crippen molar-refractivity contribution >= 4 is 23.2 Å². The molecule has 0 aliphatic carbocycles. The second-order valence-corrected chi connectivity index (χ2v) is 4.61. The summed E-state index contributed by atoms with van der Waals surface area (Å²) in [5, 5.41) is 0.608. The predicted octanol–water partition coefficient (Wildman–Crippen LogP) is 3.82. The van der Waals surface area contributed by atoms with Crippen LogP contribution in [0.1, 0.15) is 12.0 Å². The highest BCUT2D eigenvalue weighted by atomic mass is 35.5. The summed E-state index contributed by atoms with van der Waals surface area (Å²) >= 11 is 11.7. The molecule has 0 saturated heterocycles. The lowest BCUT2D eigenvalue weighted by Crippen LogP contribution is -2.37. The Kier molecular flexibility index (Phi) is 5.13. The molecule has 0 radical (unpaired) electrons. The van der Waals surface area contributed by atoms with E-state index >= 15 is 0 Å². The summed E-state index contributed by atoms with van der Waals surface area (Å²) in [5.41, 5.74) is 5.54. The van der Waals surface area contributed by atoms with E-state index in [0.29, 0.717) is 16.3 Å². The zero-order valence-corrected chi connectivity index (χ0v) is 11.0. The number of aryl methyl sites for hydroxylation is 1. The van der Waals surface area contributed by atoms with Crippen molar-refractivity contribution in [3.8, 4) is 5.75 Å². The zero-order valence-electron chi connectivity index (χ0n) is 9.52. The Morgan fingerprint density at radius 1 is 1.33 bits per heavy atom. The van der Waals surface area contributed by atoms with Gasteiger partial charge >= 0.3 is 6.18 Å². The van der Waals surface area contributed by atoms with Crippen LogP contribution in [0.3, 0.4) is 0 Å². The van der Waals surface area contributed by atoms with Crippen LogP contribution < -0.4 is 10.5 Å². The molecule has 1 aromatic rings. The number of alkyl halides is 3. The number of nitrogens with two attached hydrogens (primary N) is 1. The smallest absolute Gasteiger partial charge is 0.403 e. The van der Waals surface area contributed by atoms with Gasteiger partial charge in [-0.15, -0.1) is 0 Å². The van der Waals surface area contributed by atoms with Crippen molar-refractivity contribution in [3.63, 3.8) is 0 Å². The first-order valence-electron chi connectivity index (χ1n) is 5.10. The normalized spacial score (nSPS) is 13.5. The van der Waals surface area contributed by atoms with Gasteiger partial charge in [0.05, 0.1) is 12.1 Å². The Balaban J connectivity index is 2.85. The minimum Gasteiger partial charge on any atom is -0.495 e. The van der Waals surface area contributed by atoms with Gasteiger partial charge in [-0.05, 0) is 30.5 Å². The molecule has 2 N–H and O–H groups in total. The number of methoxy groups -OCH3 is 1. The van der Waals surface area contributed by atoms with E-state index in [9.17, 15) is 13.2 Å². The lowest BCUT2D eigenvalue weighted by molar-refractivity contribution is -0.148. The van der Waals surface area contributed by atoms with Crippen LogP contribution in [0, 0.1) is 0 Å². The molecule has 0 heterocycles. The molecule has 0 bridgehead atoms. The molecule has 1 unspecified atom stereocenters. The summed E-state index contributed by atoms with van der Waals surface area (Å²) < 4.78 is 41.9. The molecule has 1 rings (SSSR count). The van der Waals surface area contributed by atoms with Crippen LogP contribution in [0.4, 0.5) is 13.2 Å². The molecule has 102 valence electrons. The fourth-order valence-corrected chi connectivity index (χ4v) is 2.12. The second-order valence-electron chi connectivity index (χ2n) is 3.77. The average molecular weight is 302 g/mol. The van der Waals surface area contributed by atoms with Gasteiger partial charge in [-0.3, -0.25) is 0 Å². The number of ether oxygens (including phenoxy) is 1. The van der Waals surface area contributed by atoms with Crippen LogP contribution >= 0.6 is 23.2 Å². The number of benzene rings is 1. The molecule has 0 saturated carbocycles. The molecule has 0 spiro atoms. The average Bonchev–Trinajstić information content (AvgIpc) is 2.23. The van der Waals surface area contributed by atoms with Crippen LogP contribution in [-0.4, -0.2) is 19.3 Å². The van der Waals surface area contributed by atoms with E-state index in [1.54, 1.807) is 0 Å². The Morgan fingerprint density at radius 3 is 2.44 bits per heavy atom. The van der Waals surface area contributed by atoms with Crippen molar-refractivity contribution in [1.29, 1.82) is 0 Å². The molecule has 18 heavy (non-hydrogen) atoms. The van der Waals surface area contributed by atoms with Gasteiger partial charge in [0.2, 0.25) is 0 Å². The van der Waals surface area contributed by atoms with Gasteiger partial charge < -0.3 is 10.5 Å². The summed E-state index contributed by atoms with van der Waals surface area (Å²) in [6.45, 7) is 0. The molecule has 0 amide bonds. The largest absolute Gasteiger partial charge is 0.495 e. The van der Waals surface area contributed by atoms with Crippen molar-refractivity contribution in [1.82, 2.24) is 0 Å². The maximum atomic E-state index is 12.3. The van der Waals surface area contributed by atoms with Gasteiger partial charge in [0.15, 0.2) is 0 Å². The maximum Gasteiger partial charge on any atom is 0.403 e. The molecule has 0 aliphatic heterocycles. The van der Waals surface area contributed by atoms with Gasteiger partial charge in [-0.1, -0.05) is 23.2 Å². The zero-order chi connectivity index (χ0) is 13.9. The van der Waals surface area contributed by atoms with E-state index in [0.717, 1.165) is 0 Å². The number of hydrogen-bond acceptors (Lipinski definition) is 2. The summed E-state index contributed by atoms with van der Waals surface area (Å²) in [7, 11) is 1.39. The molecule has 1 atom stereocenters. The van der Waals surface area contributed by atoms with Crippen LogP contribution in [0.25, 0.3) is 0 Å². The molecule has 0 aromatic heterocycles. The van der Waals surface area contributed by atoms with Gasteiger partial charge in [0.1, 0.15) is 11.8 Å². The van der Waals surface area contributed by atoms with Crippen LogP contribution in [0.15, 0.2) is 12.1 Å². The first-order chi connectivity index (χ1) is 8.25. The highest BCUT2D eigenvalue weighted by Crippen LogP contribution is 2.33. The summed E-state index contributed by atoms with van der Waals surface area (Å²) in [4.78, 5) is 0. The van der Waals surface area contributed by atoms with E-state index < -0.39 is 12.2 Å². The quantitative estimate of drug-likeness (QED) is 0.917. The standard InChI is InChI=1S/C11H12Cl2F3NO/c1-18-10-6(4-7(12)5-8(10)13)2-3-9(17)11(14,15)16/h4-5,9H,2-3,17H2,1H3. The monoisotopic (exact) mass is 301 g/mol. The third-order valence-electron chi connectivity index (χ3n) is 2.43. The first-order valence-corrected chi connectivity index (χ1v) is 5.85. The summed E-state index contributed by atoms with van der Waals surface area (Å²) in [6, 6.07) is 1.12. The molecule has 0 aliphatic rings. The van der Waals surface area contributed by atoms with Crippen molar-refractivity contribution in [2.45, 2.75) is 25.1 Å². The third kappa shape index (κ3) is 3.93. The topological polar surface area (TPSA) is 35.2 Å². The second kappa shape index (κ2) is 5.99. The summed E-state index contributed by atoms with van der Waals surface area (Å²) in [5.74, 6) is 0.329. The van der Waals surface area contributed by atoms with Gasteiger partial charge in [0, 0.05) is 5.02 Å². The SMILES string of the molecule is COc1c(Cl)cc(Cl)cc1CCC(N)C(F)(F)F. The minimum atomic E-state index is -4.41. The fraction of sp³-hybridized carbons (Fsp3) is 0.455. The van der Waals surface area contributed by atoms with Crippen LogP contribution in [-0.2, 0) is 6.42 Å². The van der Waals surface area contributed by atoms with E-state index in [4.69, 9.17) is 33.7 Å². The van der Waals surface area contributed by atoms with E-state index in [-0.39, 0.29) is 17.9 Å². The highest BCUT2D eigenvalue weighted by molar-refractivity contribution is 6.35. The van der Waals surface area contributed by atoms with E-state index in [1.165, 1.54) is 19.2 Å². The third-order valence-corrected chi connectivity index (χ3v) is 2.93. The Labute approximate surface area is 113 Å². The molecule has 7 heteroatoms. The van der Waals surface area contributed by atoms with E-state index in [1.807, 2.05) is 0 Å². The number of halogens is 5. The number of rotatable bonds is 4. The lowest BCUT2D eigenvalue weighted by atomic mass is 10.0. The molecular weight excluding hydrogens is 290 g/mol. The molecule has 0 fully saturated rings. The fourth-order valence-electron chi connectivity index (χ4n) is 1.50. The van der Waals surface area contributed by atoms with Crippen molar-refractivity contribution in [2.75, 3.05) is 7.11 Å². The summed E-state index contributed by atoms with van der Waals surface area (Å²) in [6.07, 6.45) is -4.57. The Morgan fingerprint density at radius 2 is 1.94 bits per heavy atom. The van der Waals surface area contributed by atoms with Crippen molar-refractivity contribution < 1.29 is 17.9 Å². The van der Waals surface area contributed by atoms with Crippen molar-refractivity contribution in [2.24, 2.45) is 5.73 Å². The molecular formula is C11H12Cl2F3NO.